The number of hydrogen-bond acceptors (Lipinski definition) is 4. The van der Waals surface area contributed by atoms with E-state index in [0.29, 0.717) is 35.2 Å². The van der Waals surface area contributed by atoms with E-state index in [9.17, 15) is 14.7 Å². The van der Waals surface area contributed by atoms with Gasteiger partial charge in [-0.1, -0.05) is 44.2 Å². The molecule has 0 unspecified atom stereocenters. The Hall–Kier alpha value is -3.02. The van der Waals surface area contributed by atoms with Gasteiger partial charge in [0.25, 0.3) is 5.91 Å². The summed E-state index contributed by atoms with van der Waals surface area (Å²) < 4.78 is 10.9. The predicted octanol–water partition coefficient (Wildman–Crippen LogP) is 3.29. The highest BCUT2D eigenvalue weighted by atomic mass is 16.5. The van der Waals surface area contributed by atoms with Crippen LogP contribution < -0.4 is 14.8 Å². The number of ether oxygens (including phenoxy) is 2. The van der Waals surface area contributed by atoms with Crippen LogP contribution in [0.4, 0.5) is 0 Å². The Bertz CT molecular complexity index is 758. The second-order valence-electron chi connectivity index (χ2n) is 6.23. The fourth-order valence-corrected chi connectivity index (χ4v) is 2.33. The van der Waals surface area contributed by atoms with Crippen LogP contribution in [-0.4, -0.2) is 30.7 Å². The maximum absolute atomic E-state index is 12.5. The first-order valence-electron chi connectivity index (χ1n) is 8.31. The molecule has 6 nitrogen and oxygen atoms in total. The summed E-state index contributed by atoms with van der Waals surface area (Å²) in [5.41, 5.74) is 0.790. The molecule has 2 N–H and O–H groups in total. The summed E-state index contributed by atoms with van der Waals surface area (Å²) in [7, 11) is 1.49. The number of rotatable bonds is 8. The van der Waals surface area contributed by atoms with E-state index < -0.39 is 17.9 Å². The predicted molar refractivity (Wildman–Crippen MR) is 97.6 cm³/mol. The van der Waals surface area contributed by atoms with Gasteiger partial charge in [0, 0.05) is 5.56 Å². The van der Waals surface area contributed by atoms with Crippen molar-refractivity contribution in [3.8, 4) is 11.5 Å². The Morgan fingerprint density at radius 1 is 1.08 bits per heavy atom. The third-order valence-electron chi connectivity index (χ3n) is 3.65. The maximum atomic E-state index is 12.5. The zero-order chi connectivity index (χ0) is 19.1. The third-order valence-corrected chi connectivity index (χ3v) is 3.65. The van der Waals surface area contributed by atoms with Gasteiger partial charge in [0.1, 0.15) is 0 Å². The fraction of sp³-hybridized carbons (Fsp3) is 0.300. The van der Waals surface area contributed by atoms with Crippen molar-refractivity contribution >= 4 is 11.9 Å². The Morgan fingerprint density at radius 3 is 2.35 bits per heavy atom. The molecule has 0 radical (unpaired) electrons. The van der Waals surface area contributed by atoms with Gasteiger partial charge in [-0.15, -0.1) is 0 Å². The van der Waals surface area contributed by atoms with Crippen LogP contribution in [0.3, 0.4) is 0 Å². The molecular formula is C20H23NO5. The quantitative estimate of drug-likeness (QED) is 0.757. The smallest absolute Gasteiger partial charge is 0.330 e. The van der Waals surface area contributed by atoms with Crippen molar-refractivity contribution in [2.45, 2.75) is 19.9 Å². The molecule has 0 aliphatic rings. The number of amides is 1. The zero-order valence-electron chi connectivity index (χ0n) is 15.1. The Kier molecular flexibility index (Phi) is 6.60. The van der Waals surface area contributed by atoms with Crippen molar-refractivity contribution in [1.82, 2.24) is 5.32 Å². The minimum absolute atomic E-state index is 0.293. The van der Waals surface area contributed by atoms with E-state index in [1.807, 2.05) is 13.8 Å². The number of hydrogen-bond donors (Lipinski definition) is 2. The summed E-state index contributed by atoms with van der Waals surface area (Å²) in [4.78, 5) is 24.0. The molecule has 0 heterocycles. The molecule has 0 aliphatic heterocycles. The zero-order valence-corrected chi connectivity index (χ0v) is 15.1. The largest absolute Gasteiger partial charge is 0.493 e. The summed E-state index contributed by atoms with van der Waals surface area (Å²) in [6.07, 6.45) is 0. The van der Waals surface area contributed by atoms with E-state index in [1.165, 1.54) is 13.2 Å². The fourth-order valence-electron chi connectivity index (χ4n) is 2.33. The van der Waals surface area contributed by atoms with Gasteiger partial charge in [0.05, 0.1) is 13.7 Å². The maximum Gasteiger partial charge on any atom is 0.330 e. The second kappa shape index (κ2) is 8.89. The molecule has 1 atom stereocenters. The van der Waals surface area contributed by atoms with Crippen LogP contribution in [0.1, 0.15) is 35.8 Å². The average molecular weight is 357 g/mol. The molecule has 2 aromatic rings. The minimum Gasteiger partial charge on any atom is -0.493 e. The molecule has 0 saturated carbocycles. The number of carbonyl (C=O) groups is 2. The molecule has 0 saturated heterocycles. The van der Waals surface area contributed by atoms with E-state index in [0.717, 1.165) is 0 Å². The van der Waals surface area contributed by atoms with Crippen LogP contribution >= 0.6 is 0 Å². The van der Waals surface area contributed by atoms with Crippen LogP contribution in [0.15, 0.2) is 48.5 Å². The molecule has 6 heteroatoms. The van der Waals surface area contributed by atoms with Crippen LogP contribution in [0.25, 0.3) is 0 Å². The molecule has 0 aliphatic carbocycles. The molecule has 0 bridgehead atoms. The number of carboxylic acid groups (broad SMARTS) is 1. The third kappa shape index (κ3) is 4.99. The molecule has 2 aromatic carbocycles. The van der Waals surface area contributed by atoms with Gasteiger partial charge in [0.15, 0.2) is 17.5 Å². The summed E-state index contributed by atoms with van der Waals surface area (Å²) in [6, 6.07) is 12.2. The summed E-state index contributed by atoms with van der Waals surface area (Å²) in [6.45, 7) is 4.59. The van der Waals surface area contributed by atoms with Crippen molar-refractivity contribution in [3.63, 3.8) is 0 Å². The van der Waals surface area contributed by atoms with E-state index in [-0.39, 0.29) is 0 Å². The standard InChI is InChI=1S/C20H23NO5/c1-13(2)12-26-16-10-9-15(11-17(16)25-3)19(22)21-18(20(23)24)14-7-5-4-6-8-14/h4-11,13,18H,12H2,1-3H3,(H,21,22)(H,23,24)/t18-/m0/s1. The second-order valence-corrected chi connectivity index (χ2v) is 6.23. The Labute approximate surface area is 152 Å². The monoisotopic (exact) mass is 357 g/mol. The molecule has 0 spiro atoms. The highest BCUT2D eigenvalue weighted by molar-refractivity contribution is 5.97. The number of carbonyl (C=O) groups excluding carboxylic acids is 1. The van der Waals surface area contributed by atoms with Gasteiger partial charge >= 0.3 is 5.97 Å². The summed E-state index contributed by atoms with van der Waals surface area (Å²) in [5.74, 6) is -0.325. The first kappa shape index (κ1) is 19.3. The van der Waals surface area contributed by atoms with Gasteiger partial charge in [0.2, 0.25) is 0 Å². The summed E-state index contributed by atoms with van der Waals surface area (Å²) in [5, 5.41) is 12.0. The number of benzene rings is 2. The lowest BCUT2D eigenvalue weighted by Crippen LogP contribution is -2.33. The van der Waals surface area contributed by atoms with E-state index >= 15 is 0 Å². The normalized spacial score (nSPS) is 11.7. The van der Waals surface area contributed by atoms with Gasteiger partial charge in [-0.25, -0.2) is 4.79 Å². The van der Waals surface area contributed by atoms with Crippen LogP contribution in [0, 0.1) is 5.92 Å². The van der Waals surface area contributed by atoms with E-state index in [4.69, 9.17) is 9.47 Å². The Balaban J connectivity index is 2.19. The number of nitrogens with one attached hydrogen (secondary N) is 1. The van der Waals surface area contributed by atoms with Crippen molar-refractivity contribution in [2.75, 3.05) is 13.7 Å². The Morgan fingerprint density at radius 2 is 1.77 bits per heavy atom. The van der Waals surface area contributed by atoms with Gasteiger partial charge in [-0.3, -0.25) is 4.79 Å². The first-order valence-corrected chi connectivity index (χ1v) is 8.31. The highest BCUT2D eigenvalue weighted by Gasteiger charge is 2.23. The first-order chi connectivity index (χ1) is 12.4. The highest BCUT2D eigenvalue weighted by Crippen LogP contribution is 2.28. The van der Waals surface area contributed by atoms with E-state index in [2.05, 4.69) is 5.32 Å². The lowest BCUT2D eigenvalue weighted by atomic mass is 10.1. The molecule has 0 fully saturated rings. The van der Waals surface area contributed by atoms with Crippen LogP contribution in [-0.2, 0) is 4.79 Å². The van der Waals surface area contributed by atoms with Crippen LogP contribution in [0.5, 0.6) is 11.5 Å². The van der Waals surface area contributed by atoms with E-state index in [1.54, 1.807) is 42.5 Å². The number of carboxylic acids is 1. The molecule has 26 heavy (non-hydrogen) atoms. The number of methoxy groups -OCH3 is 1. The molecular weight excluding hydrogens is 334 g/mol. The lowest BCUT2D eigenvalue weighted by Gasteiger charge is -2.16. The molecule has 1 amide bonds. The molecule has 0 aromatic heterocycles. The molecule has 138 valence electrons. The van der Waals surface area contributed by atoms with Gasteiger partial charge in [-0.2, -0.15) is 0 Å². The van der Waals surface area contributed by atoms with Gasteiger partial charge in [-0.05, 0) is 29.7 Å². The minimum atomic E-state index is -1.13. The summed E-state index contributed by atoms with van der Waals surface area (Å²) >= 11 is 0. The van der Waals surface area contributed by atoms with Crippen molar-refractivity contribution in [2.24, 2.45) is 5.92 Å². The SMILES string of the molecule is COc1cc(C(=O)N[C@H](C(=O)O)c2ccccc2)ccc1OCC(C)C. The van der Waals surface area contributed by atoms with Crippen molar-refractivity contribution in [3.05, 3.63) is 59.7 Å². The van der Waals surface area contributed by atoms with Crippen LogP contribution in [0.2, 0.25) is 0 Å². The van der Waals surface area contributed by atoms with Crippen molar-refractivity contribution in [1.29, 1.82) is 0 Å². The topological polar surface area (TPSA) is 84.9 Å². The van der Waals surface area contributed by atoms with Gasteiger partial charge < -0.3 is 19.9 Å². The molecule has 2 rings (SSSR count). The average Bonchev–Trinajstić information content (AvgIpc) is 2.64. The number of aliphatic carboxylic acids is 1. The lowest BCUT2D eigenvalue weighted by molar-refractivity contribution is -0.139. The van der Waals surface area contributed by atoms with Crippen molar-refractivity contribution < 1.29 is 24.2 Å².